The minimum atomic E-state index is -0.253. The Morgan fingerprint density at radius 3 is 2.88 bits per heavy atom. The van der Waals surface area contributed by atoms with Gasteiger partial charge in [-0.15, -0.1) is 0 Å². The number of aromatic nitrogens is 2. The topological polar surface area (TPSA) is 75.9 Å². The summed E-state index contributed by atoms with van der Waals surface area (Å²) in [4.78, 5) is 31.9. The predicted octanol–water partition coefficient (Wildman–Crippen LogP) is 1.97. The van der Waals surface area contributed by atoms with Crippen molar-refractivity contribution in [1.82, 2.24) is 14.3 Å². The number of rotatable bonds is 6. The SMILES string of the molecule is CCN1C(=O)C(=Cc2c(NCCOC)nc3ccccn3c2=O)SC1=S. The van der Waals surface area contributed by atoms with Gasteiger partial charge in [0, 0.05) is 26.4 Å². The molecule has 0 spiro atoms. The number of amides is 1. The highest BCUT2D eigenvalue weighted by molar-refractivity contribution is 8.26. The van der Waals surface area contributed by atoms with Gasteiger partial charge in [-0.1, -0.05) is 30.0 Å². The first-order valence-electron chi connectivity index (χ1n) is 8.06. The van der Waals surface area contributed by atoms with Crippen LogP contribution in [0.4, 0.5) is 5.82 Å². The Kier molecular flexibility index (Phi) is 5.70. The summed E-state index contributed by atoms with van der Waals surface area (Å²) in [7, 11) is 1.60. The van der Waals surface area contributed by atoms with Crippen molar-refractivity contribution in [2.45, 2.75) is 6.92 Å². The van der Waals surface area contributed by atoms with Gasteiger partial charge < -0.3 is 10.1 Å². The minimum Gasteiger partial charge on any atom is -0.383 e. The number of hydrogen-bond acceptors (Lipinski definition) is 7. The van der Waals surface area contributed by atoms with Crippen LogP contribution in [0, 0.1) is 0 Å². The van der Waals surface area contributed by atoms with Crippen LogP contribution in [0.15, 0.2) is 34.1 Å². The summed E-state index contributed by atoms with van der Waals surface area (Å²) in [5.74, 6) is 0.225. The van der Waals surface area contributed by atoms with E-state index in [9.17, 15) is 9.59 Å². The van der Waals surface area contributed by atoms with Crippen LogP contribution in [0.5, 0.6) is 0 Å². The van der Waals surface area contributed by atoms with E-state index in [4.69, 9.17) is 17.0 Å². The van der Waals surface area contributed by atoms with Crippen LogP contribution in [-0.2, 0) is 9.53 Å². The molecule has 0 bridgehead atoms. The quantitative estimate of drug-likeness (QED) is 0.459. The normalized spacial score (nSPS) is 16.1. The fraction of sp³-hybridized carbons (Fsp3) is 0.294. The zero-order valence-electron chi connectivity index (χ0n) is 14.4. The number of carbonyl (C=O) groups excluding carboxylic acids is 1. The number of nitrogens with zero attached hydrogens (tertiary/aromatic N) is 3. The molecule has 1 aliphatic heterocycles. The van der Waals surface area contributed by atoms with Crippen molar-refractivity contribution in [3.8, 4) is 0 Å². The van der Waals surface area contributed by atoms with Gasteiger partial charge in [0.15, 0.2) is 0 Å². The van der Waals surface area contributed by atoms with Crippen LogP contribution in [0.25, 0.3) is 11.7 Å². The molecule has 1 N–H and O–H groups in total. The molecule has 0 unspecified atom stereocenters. The Morgan fingerprint density at radius 1 is 1.38 bits per heavy atom. The molecule has 1 fully saturated rings. The number of nitrogens with one attached hydrogen (secondary N) is 1. The molecule has 26 heavy (non-hydrogen) atoms. The number of fused-ring (bicyclic) bond motifs is 1. The van der Waals surface area contributed by atoms with Crippen LogP contribution >= 0.6 is 24.0 Å². The van der Waals surface area contributed by atoms with Crippen LogP contribution in [0.2, 0.25) is 0 Å². The highest BCUT2D eigenvalue weighted by Crippen LogP contribution is 2.32. The molecule has 9 heteroatoms. The molecule has 0 aliphatic carbocycles. The first-order chi connectivity index (χ1) is 12.6. The van der Waals surface area contributed by atoms with E-state index >= 15 is 0 Å². The van der Waals surface area contributed by atoms with Crippen LogP contribution < -0.4 is 10.9 Å². The number of thioether (sulfide) groups is 1. The summed E-state index contributed by atoms with van der Waals surface area (Å²) in [6.07, 6.45) is 3.22. The van der Waals surface area contributed by atoms with Gasteiger partial charge in [0.25, 0.3) is 11.5 Å². The van der Waals surface area contributed by atoms with E-state index in [0.29, 0.717) is 46.0 Å². The molecule has 7 nitrogen and oxygen atoms in total. The van der Waals surface area contributed by atoms with Gasteiger partial charge in [0.05, 0.1) is 17.1 Å². The van der Waals surface area contributed by atoms with Crippen LogP contribution in [0.1, 0.15) is 12.5 Å². The smallest absolute Gasteiger partial charge is 0.267 e. The summed E-state index contributed by atoms with van der Waals surface area (Å²) in [6.45, 7) is 3.31. The van der Waals surface area contributed by atoms with Gasteiger partial charge in [0.1, 0.15) is 15.8 Å². The van der Waals surface area contributed by atoms with Crippen molar-refractivity contribution < 1.29 is 9.53 Å². The molecule has 3 heterocycles. The molecule has 0 atom stereocenters. The predicted molar refractivity (Wildman–Crippen MR) is 107 cm³/mol. The Hall–Kier alpha value is -2.23. The molecule has 0 radical (unpaired) electrons. The number of anilines is 1. The number of ether oxygens (including phenoxy) is 1. The number of thiocarbonyl (C=S) groups is 1. The summed E-state index contributed by atoms with van der Waals surface area (Å²) in [5, 5.41) is 3.11. The molecule has 1 aliphatic rings. The maximum Gasteiger partial charge on any atom is 0.267 e. The number of pyridine rings is 1. The third-order valence-corrected chi connectivity index (χ3v) is 5.21. The zero-order valence-corrected chi connectivity index (χ0v) is 16.0. The lowest BCUT2D eigenvalue weighted by molar-refractivity contribution is -0.121. The monoisotopic (exact) mass is 390 g/mol. The average molecular weight is 390 g/mol. The lowest BCUT2D eigenvalue weighted by Crippen LogP contribution is -2.27. The molecule has 2 aromatic heterocycles. The van der Waals surface area contributed by atoms with Crippen molar-refractivity contribution in [1.29, 1.82) is 0 Å². The zero-order chi connectivity index (χ0) is 18.7. The maximum atomic E-state index is 12.9. The molecule has 136 valence electrons. The Bertz CT molecular complexity index is 955. The van der Waals surface area contributed by atoms with Crippen molar-refractivity contribution in [3.05, 3.63) is 45.2 Å². The van der Waals surface area contributed by atoms with Gasteiger partial charge in [-0.2, -0.15) is 0 Å². The van der Waals surface area contributed by atoms with Gasteiger partial charge >= 0.3 is 0 Å². The number of hydrogen-bond donors (Lipinski definition) is 1. The number of carbonyl (C=O) groups is 1. The summed E-state index contributed by atoms with van der Waals surface area (Å²) < 4.78 is 6.99. The second kappa shape index (κ2) is 7.98. The lowest BCUT2D eigenvalue weighted by atomic mass is 10.2. The molecule has 2 aromatic rings. The van der Waals surface area contributed by atoms with Crippen molar-refractivity contribution in [3.63, 3.8) is 0 Å². The van der Waals surface area contributed by atoms with E-state index in [1.54, 1.807) is 31.5 Å². The van der Waals surface area contributed by atoms with Crippen LogP contribution in [0.3, 0.4) is 0 Å². The Morgan fingerprint density at radius 2 is 2.19 bits per heavy atom. The van der Waals surface area contributed by atoms with E-state index in [2.05, 4.69) is 10.3 Å². The fourth-order valence-corrected chi connectivity index (χ4v) is 3.91. The molecule has 1 saturated heterocycles. The summed E-state index contributed by atoms with van der Waals surface area (Å²) >= 11 is 6.43. The third kappa shape index (κ3) is 3.50. The van der Waals surface area contributed by atoms with Crippen molar-refractivity contribution in [2.24, 2.45) is 0 Å². The summed E-state index contributed by atoms with van der Waals surface area (Å²) in [6, 6.07) is 5.32. The van der Waals surface area contributed by atoms with Crippen LogP contribution in [-0.4, -0.2) is 51.3 Å². The van der Waals surface area contributed by atoms with Gasteiger partial charge in [-0.3, -0.25) is 18.9 Å². The molecular formula is C17H18N4O3S2. The second-order valence-electron chi connectivity index (χ2n) is 5.45. The second-order valence-corrected chi connectivity index (χ2v) is 7.13. The number of likely N-dealkylation sites (N-methyl/N-ethyl adjacent to an activating group) is 1. The van der Waals surface area contributed by atoms with Crippen molar-refractivity contribution in [2.75, 3.05) is 32.1 Å². The third-order valence-electron chi connectivity index (χ3n) is 3.83. The minimum absolute atomic E-state index is 0.192. The molecule has 1 amide bonds. The Balaban J connectivity index is 2.11. The van der Waals surface area contributed by atoms with E-state index in [1.165, 1.54) is 21.1 Å². The first kappa shape index (κ1) is 18.6. The Labute approximate surface area is 160 Å². The number of methoxy groups -OCH3 is 1. The highest BCUT2D eigenvalue weighted by Gasteiger charge is 2.31. The molecule has 0 aromatic carbocycles. The van der Waals surface area contributed by atoms with E-state index in [0.717, 1.165) is 0 Å². The van der Waals surface area contributed by atoms with E-state index < -0.39 is 0 Å². The molecule has 0 saturated carbocycles. The summed E-state index contributed by atoms with van der Waals surface area (Å²) in [5.41, 5.74) is 0.592. The highest BCUT2D eigenvalue weighted by atomic mass is 32.2. The maximum absolute atomic E-state index is 12.9. The van der Waals surface area contributed by atoms with E-state index in [-0.39, 0.29) is 11.5 Å². The van der Waals surface area contributed by atoms with Gasteiger partial charge in [-0.25, -0.2) is 4.98 Å². The largest absolute Gasteiger partial charge is 0.383 e. The van der Waals surface area contributed by atoms with Crippen molar-refractivity contribution >= 4 is 51.7 Å². The standard InChI is InChI=1S/C17H18N4O3S2/c1-3-20-16(23)12(26-17(20)25)10-11-14(18-7-9-24-2)19-13-6-4-5-8-21(13)15(11)22/h4-6,8,10,18H,3,7,9H2,1-2H3. The lowest BCUT2D eigenvalue weighted by Gasteiger charge is -2.11. The molecule has 3 rings (SSSR count). The first-order valence-corrected chi connectivity index (χ1v) is 9.29. The molecular weight excluding hydrogens is 372 g/mol. The van der Waals surface area contributed by atoms with Gasteiger partial charge in [-0.05, 0) is 25.1 Å². The average Bonchev–Trinajstić information content (AvgIpc) is 2.91. The fourth-order valence-electron chi connectivity index (χ4n) is 2.54. The van der Waals surface area contributed by atoms with E-state index in [1.807, 2.05) is 13.0 Å². The van der Waals surface area contributed by atoms with Gasteiger partial charge in [0.2, 0.25) is 0 Å².